The summed E-state index contributed by atoms with van der Waals surface area (Å²) in [6, 6.07) is 12.3. The lowest BCUT2D eigenvalue weighted by Crippen LogP contribution is -2.46. The van der Waals surface area contributed by atoms with Crippen molar-refractivity contribution in [1.82, 2.24) is 24.7 Å². The second-order valence-electron chi connectivity index (χ2n) is 13.6. The highest BCUT2D eigenvalue weighted by atomic mass is 19.2. The molecule has 2 aliphatic carbocycles. The van der Waals surface area contributed by atoms with Crippen LogP contribution >= 0.6 is 0 Å². The van der Waals surface area contributed by atoms with Gasteiger partial charge in [-0.25, -0.2) is 13.8 Å². The third-order valence-corrected chi connectivity index (χ3v) is 10.8. The molecule has 0 radical (unpaired) electrons. The normalized spacial score (nSPS) is 27.3. The van der Waals surface area contributed by atoms with E-state index >= 15 is 0 Å². The van der Waals surface area contributed by atoms with Gasteiger partial charge < -0.3 is 19.7 Å². The number of hydrogen-bond donors (Lipinski definition) is 1. The summed E-state index contributed by atoms with van der Waals surface area (Å²) >= 11 is 0. The van der Waals surface area contributed by atoms with E-state index in [1.165, 1.54) is 68.5 Å². The molecule has 1 aromatic heterocycles. The number of fused-ring (bicyclic) bond motifs is 2. The number of rotatable bonds is 9. The minimum absolute atomic E-state index is 0.319. The van der Waals surface area contributed by atoms with Gasteiger partial charge in [-0.15, -0.1) is 0 Å². The Balaban J connectivity index is 1.06. The van der Waals surface area contributed by atoms with Gasteiger partial charge >= 0.3 is 0 Å². The lowest BCUT2D eigenvalue weighted by atomic mass is 9.80. The second-order valence-corrected chi connectivity index (χ2v) is 13.6. The molecule has 0 unspecified atom stereocenters. The SMILES string of the molecule is CN1CCN(CCCN(c2nc3cc(F)c(F)cc3[nH]2)[C@@H]2CC[C@]3(c4cccc(CN5CCCCC5)c4)C[C@@H]3C2)CC1. The first-order valence-corrected chi connectivity index (χ1v) is 16.3. The fraction of sp³-hybridized carbons (Fsp3) is 0.618. The van der Waals surface area contributed by atoms with E-state index < -0.39 is 11.6 Å². The molecule has 4 aliphatic rings. The number of aromatic nitrogens is 2. The number of nitrogens with one attached hydrogen (secondary N) is 1. The first-order valence-electron chi connectivity index (χ1n) is 16.3. The van der Waals surface area contributed by atoms with E-state index in [2.05, 4.69) is 55.9 Å². The number of hydrogen-bond acceptors (Lipinski definition) is 5. The van der Waals surface area contributed by atoms with Gasteiger partial charge in [-0.05, 0) is 94.1 Å². The van der Waals surface area contributed by atoms with Crippen LogP contribution in [0.2, 0.25) is 0 Å². The van der Waals surface area contributed by atoms with Crippen LogP contribution in [0.15, 0.2) is 36.4 Å². The Morgan fingerprint density at radius 3 is 2.60 bits per heavy atom. The highest BCUT2D eigenvalue weighted by Gasteiger charge is 2.58. The van der Waals surface area contributed by atoms with Crippen LogP contribution in [0.5, 0.6) is 0 Å². The number of nitrogens with zero attached hydrogens (tertiary/aromatic N) is 5. The number of imidazole rings is 1. The van der Waals surface area contributed by atoms with Crippen LogP contribution in [0.3, 0.4) is 0 Å². The van der Waals surface area contributed by atoms with E-state index in [1.54, 1.807) is 0 Å². The second kappa shape index (κ2) is 11.9. The van der Waals surface area contributed by atoms with E-state index in [-0.39, 0.29) is 0 Å². The smallest absolute Gasteiger partial charge is 0.204 e. The van der Waals surface area contributed by atoms with Crippen molar-refractivity contribution in [3.05, 3.63) is 59.2 Å². The zero-order valence-corrected chi connectivity index (χ0v) is 25.1. The van der Waals surface area contributed by atoms with Gasteiger partial charge in [0.05, 0.1) is 11.0 Å². The summed E-state index contributed by atoms with van der Waals surface area (Å²) in [6.07, 6.45) is 9.79. The van der Waals surface area contributed by atoms with Crippen LogP contribution in [0.1, 0.15) is 62.5 Å². The summed E-state index contributed by atoms with van der Waals surface area (Å²) in [5.41, 5.74) is 4.38. The molecule has 1 N–H and O–H groups in total. The Hall–Kier alpha value is -2.55. The number of likely N-dealkylation sites (tertiary alicyclic amines) is 1. The quantitative estimate of drug-likeness (QED) is 0.350. The van der Waals surface area contributed by atoms with Crippen LogP contribution < -0.4 is 4.90 Å². The molecule has 3 aromatic rings. The molecular weight excluding hydrogens is 530 g/mol. The predicted octanol–water partition coefficient (Wildman–Crippen LogP) is 5.78. The number of H-pyrrole nitrogens is 1. The van der Waals surface area contributed by atoms with Crippen molar-refractivity contribution in [2.24, 2.45) is 5.92 Å². The first-order chi connectivity index (χ1) is 20.5. The van der Waals surface area contributed by atoms with Crippen molar-refractivity contribution in [2.75, 3.05) is 64.3 Å². The number of halogens is 2. The number of aromatic amines is 1. The number of piperidine rings is 1. The van der Waals surface area contributed by atoms with Crippen LogP contribution in [0, 0.1) is 17.6 Å². The van der Waals surface area contributed by atoms with Crippen molar-refractivity contribution in [1.29, 1.82) is 0 Å². The monoisotopic (exact) mass is 576 g/mol. The fourth-order valence-corrected chi connectivity index (χ4v) is 8.13. The van der Waals surface area contributed by atoms with Gasteiger partial charge in [0.15, 0.2) is 11.6 Å². The molecule has 2 saturated carbocycles. The minimum atomic E-state index is -0.842. The fourth-order valence-electron chi connectivity index (χ4n) is 8.13. The Morgan fingerprint density at radius 1 is 0.976 bits per heavy atom. The van der Waals surface area contributed by atoms with Crippen LogP contribution in [0.4, 0.5) is 14.7 Å². The van der Waals surface area contributed by atoms with Crippen molar-refractivity contribution in [3.8, 4) is 0 Å². The number of anilines is 1. The Morgan fingerprint density at radius 2 is 1.79 bits per heavy atom. The maximum atomic E-state index is 14.0. The average Bonchev–Trinajstić information content (AvgIpc) is 3.62. The number of benzene rings is 2. The maximum absolute atomic E-state index is 14.0. The molecule has 2 aliphatic heterocycles. The van der Waals surface area contributed by atoms with E-state index in [0.717, 1.165) is 71.0 Å². The van der Waals surface area contributed by atoms with Crippen LogP contribution in [-0.4, -0.2) is 90.1 Å². The molecule has 226 valence electrons. The zero-order chi connectivity index (χ0) is 28.7. The van der Waals surface area contributed by atoms with Gasteiger partial charge in [-0.3, -0.25) is 4.90 Å². The number of likely N-dealkylation sites (N-methyl/N-ethyl adjacent to an activating group) is 1. The van der Waals surface area contributed by atoms with Crippen molar-refractivity contribution >= 4 is 17.0 Å². The standard InChI is InChI=1S/C34H46F2N6/c1-39-15-17-40(18-16-39)13-6-14-42(33-37-31-21-29(35)30(36)22-32(31)38-33)28-9-10-34(23-27(34)20-28)26-8-5-7-25(19-26)24-41-11-3-2-4-12-41/h5,7-8,19,21-22,27-28H,2-4,6,9-18,20,23-24H2,1H3,(H,37,38)/t27-,28+,34+/m0/s1. The van der Waals surface area contributed by atoms with Gasteiger partial charge in [-0.1, -0.05) is 30.7 Å². The molecule has 3 heterocycles. The summed E-state index contributed by atoms with van der Waals surface area (Å²) in [6.45, 7) is 9.97. The molecule has 42 heavy (non-hydrogen) atoms. The van der Waals surface area contributed by atoms with E-state index in [4.69, 9.17) is 4.98 Å². The Bertz CT molecular complexity index is 1340. The van der Waals surface area contributed by atoms with Gasteiger partial charge in [0.2, 0.25) is 5.95 Å². The molecule has 6 nitrogen and oxygen atoms in total. The summed E-state index contributed by atoms with van der Waals surface area (Å²) in [5, 5.41) is 0. The van der Waals surface area contributed by atoms with E-state index in [1.807, 2.05) is 0 Å². The summed E-state index contributed by atoms with van der Waals surface area (Å²) in [4.78, 5) is 18.1. The zero-order valence-electron chi connectivity index (χ0n) is 25.1. The van der Waals surface area contributed by atoms with Crippen LogP contribution in [0.25, 0.3) is 11.0 Å². The molecular formula is C34H46F2N6. The Kier molecular flexibility index (Phi) is 7.97. The van der Waals surface area contributed by atoms with Crippen LogP contribution in [-0.2, 0) is 12.0 Å². The molecule has 7 rings (SSSR count). The lowest BCUT2D eigenvalue weighted by molar-refractivity contribution is 0.153. The van der Waals surface area contributed by atoms with E-state index in [9.17, 15) is 8.78 Å². The first kappa shape index (κ1) is 28.2. The largest absolute Gasteiger partial charge is 0.339 e. The highest BCUT2D eigenvalue weighted by Crippen LogP contribution is 2.63. The Labute approximate surface area is 249 Å². The molecule has 0 spiro atoms. The maximum Gasteiger partial charge on any atom is 0.204 e. The molecule has 0 bridgehead atoms. The minimum Gasteiger partial charge on any atom is -0.339 e. The summed E-state index contributed by atoms with van der Waals surface area (Å²) in [7, 11) is 2.19. The van der Waals surface area contributed by atoms with E-state index in [0.29, 0.717) is 28.4 Å². The van der Waals surface area contributed by atoms with Crippen molar-refractivity contribution < 1.29 is 8.78 Å². The molecule has 0 amide bonds. The van der Waals surface area contributed by atoms with Gasteiger partial charge in [-0.2, -0.15) is 0 Å². The van der Waals surface area contributed by atoms with Crippen molar-refractivity contribution in [2.45, 2.75) is 69.4 Å². The van der Waals surface area contributed by atoms with Gasteiger partial charge in [0.25, 0.3) is 0 Å². The predicted molar refractivity (Wildman–Crippen MR) is 165 cm³/mol. The third kappa shape index (κ3) is 5.82. The molecule has 2 aromatic carbocycles. The topological polar surface area (TPSA) is 41.6 Å². The molecule has 4 fully saturated rings. The van der Waals surface area contributed by atoms with Gasteiger partial charge in [0.1, 0.15) is 0 Å². The third-order valence-electron chi connectivity index (χ3n) is 10.8. The van der Waals surface area contributed by atoms with Gasteiger partial charge in [0, 0.05) is 57.4 Å². The lowest BCUT2D eigenvalue weighted by Gasteiger charge is -2.38. The summed E-state index contributed by atoms with van der Waals surface area (Å²) in [5.74, 6) is -0.233. The highest BCUT2D eigenvalue weighted by molar-refractivity contribution is 5.78. The van der Waals surface area contributed by atoms with Crippen molar-refractivity contribution in [3.63, 3.8) is 0 Å². The molecule has 2 saturated heterocycles. The molecule has 3 atom stereocenters. The summed E-state index contributed by atoms with van der Waals surface area (Å²) < 4.78 is 28.0. The number of piperazine rings is 1. The average molecular weight is 577 g/mol. The molecule has 8 heteroatoms.